The van der Waals surface area contributed by atoms with Crippen LogP contribution >= 0.6 is 0 Å². The Morgan fingerprint density at radius 3 is 1.38 bits per heavy atom. The third kappa shape index (κ3) is 15.8. The molecular weight excluding hydrogens is 604 g/mol. The highest BCUT2D eigenvalue weighted by molar-refractivity contribution is 5.70. The van der Waals surface area contributed by atoms with Gasteiger partial charge in [-0.1, -0.05) is 78.1 Å². The third-order valence-corrected chi connectivity index (χ3v) is 9.78. The number of hydrogen-bond donors (Lipinski definition) is 1. The monoisotopic (exact) mass is 672 g/mol. The van der Waals surface area contributed by atoms with E-state index in [1.165, 1.54) is 47.3 Å². The van der Waals surface area contributed by atoms with Gasteiger partial charge >= 0.3 is 11.9 Å². The molecule has 0 saturated carbocycles. The number of esters is 2. The van der Waals surface area contributed by atoms with E-state index in [2.05, 4.69) is 41.5 Å². The zero-order valence-electron chi connectivity index (χ0n) is 31.4. The number of carbonyl (C=O) groups excluding carboxylic acids is 2. The van der Waals surface area contributed by atoms with Gasteiger partial charge in [-0.15, -0.1) is 0 Å². The van der Waals surface area contributed by atoms with Crippen LogP contribution in [0, 0.1) is 27.7 Å². The minimum atomic E-state index is -0.804. The van der Waals surface area contributed by atoms with E-state index in [1.54, 1.807) is 0 Å². The van der Waals surface area contributed by atoms with Gasteiger partial charge in [-0.3, -0.25) is 9.59 Å². The van der Waals surface area contributed by atoms with Crippen LogP contribution in [0.25, 0.3) is 0 Å². The predicted molar refractivity (Wildman–Crippen MR) is 194 cm³/mol. The lowest BCUT2D eigenvalue weighted by Gasteiger charge is -2.15. The zero-order valence-corrected chi connectivity index (χ0v) is 31.4. The number of aliphatic hydroxyl groups excluding tert-OH is 1. The van der Waals surface area contributed by atoms with E-state index < -0.39 is 6.10 Å². The van der Waals surface area contributed by atoms with Gasteiger partial charge in [0.2, 0.25) is 0 Å². The van der Waals surface area contributed by atoms with E-state index in [0.29, 0.717) is 12.8 Å². The molecule has 2 heterocycles. The molecule has 0 amide bonds. The molecule has 0 saturated heterocycles. The smallest absolute Gasteiger partial charge is 0.306 e. The lowest BCUT2D eigenvalue weighted by Crippen LogP contribution is -2.28. The molecule has 0 bridgehead atoms. The Morgan fingerprint density at radius 1 is 0.542 bits per heavy atom. The van der Waals surface area contributed by atoms with Crippen molar-refractivity contribution in [3.63, 3.8) is 0 Å². The van der Waals surface area contributed by atoms with E-state index >= 15 is 0 Å². The summed E-state index contributed by atoms with van der Waals surface area (Å²) in [5.41, 5.74) is 5.27. The Balaban J connectivity index is 1.45. The molecule has 0 spiro atoms. The van der Waals surface area contributed by atoms with Crippen molar-refractivity contribution in [2.75, 3.05) is 13.2 Å². The van der Waals surface area contributed by atoms with Gasteiger partial charge in [-0.05, 0) is 88.5 Å². The first kappa shape index (κ1) is 41.6. The molecule has 2 aromatic rings. The van der Waals surface area contributed by atoms with Crippen LogP contribution in [0.15, 0.2) is 8.83 Å². The van der Waals surface area contributed by atoms with Crippen molar-refractivity contribution in [2.24, 2.45) is 0 Å². The summed E-state index contributed by atoms with van der Waals surface area (Å²) in [7, 11) is 0. The maximum atomic E-state index is 12.2. The summed E-state index contributed by atoms with van der Waals surface area (Å²) in [6.07, 6.45) is 21.2. The predicted octanol–water partition coefficient (Wildman–Crippen LogP) is 10.5. The lowest BCUT2D eigenvalue weighted by molar-refractivity contribution is -0.161. The standard InChI is InChI=1S/C41H68O7/c1-7-9-18-24-37-33(5)34(6)39(48-37)26-20-14-10-12-16-21-27-40(43)45-30-35(29-42)46-41(44)28-22-17-13-11-15-19-25-38-32(4)31(3)36(47-38)23-8-2/h35,42H,7-30H2,1-6H3/t35-/m0/s1. The van der Waals surface area contributed by atoms with E-state index in [4.69, 9.17) is 18.3 Å². The van der Waals surface area contributed by atoms with Gasteiger partial charge < -0.3 is 23.4 Å². The molecule has 1 atom stereocenters. The Morgan fingerprint density at radius 2 is 0.938 bits per heavy atom. The summed E-state index contributed by atoms with van der Waals surface area (Å²) in [5.74, 6) is 3.96. The fraction of sp³-hybridized carbons (Fsp3) is 0.756. The highest BCUT2D eigenvalue weighted by Gasteiger charge is 2.17. The molecular formula is C41H68O7. The second-order valence-corrected chi connectivity index (χ2v) is 13.8. The quantitative estimate of drug-likeness (QED) is 0.0709. The highest BCUT2D eigenvalue weighted by atomic mass is 16.6. The van der Waals surface area contributed by atoms with Gasteiger partial charge in [0, 0.05) is 38.5 Å². The van der Waals surface area contributed by atoms with Crippen molar-refractivity contribution >= 4 is 11.9 Å². The van der Waals surface area contributed by atoms with Crippen LogP contribution in [-0.2, 0) is 44.7 Å². The molecule has 2 rings (SSSR count). The van der Waals surface area contributed by atoms with E-state index in [1.807, 2.05) is 0 Å². The summed E-state index contributed by atoms with van der Waals surface area (Å²) in [6.45, 7) is 12.6. The van der Waals surface area contributed by atoms with Gasteiger partial charge in [0.1, 0.15) is 29.6 Å². The largest absolute Gasteiger partial charge is 0.466 e. The third-order valence-electron chi connectivity index (χ3n) is 9.78. The number of furan rings is 2. The van der Waals surface area contributed by atoms with Crippen LogP contribution in [0.1, 0.15) is 175 Å². The van der Waals surface area contributed by atoms with Crippen molar-refractivity contribution in [3.8, 4) is 0 Å². The van der Waals surface area contributed by atoms with Crippen molar-refractivity contribution < 1.29 is 33.0 Å². The number of ether oxygens (including phenoxy) is 2. The van der Waals surface area contributed by atoms with Gasteiger partial charge in [-0.25, -0.2) is 0 Å². The molecule has 0 radical (unpaired) electrons. The van der Waals surface area contributed by atoms with E-state index in [9.17, 15) is 14.7 Å². The minimum Gasteiger partial charge on any atom is -0.466 e. The highest BCUT2D eigenvalue weighted by Crippen LogP contribution is 2.26. The number of carbonyl (C=O) groups is 2. The van der Waals surface area contributed by atoms with Crippen molar-refractivity contribution in [1.29, 1.82) is 0 Å². The average Bonchev–Trinajstić information content (AvgIpc) is 3.50. The first-order valence-electron chi connectivity index (χ1n) is 19.3. The number of unbranched alkanes of at least 4 members (excludes halogenated alkanes) is 12. The number of aryl methyl sites for hydroxylation is 4. The Labute approximate surface area is 291 Å². The van der Waals surface area contributed by atoms with Gasteiger partial charge in [0.05, 0.1) is 6.61 Å². The van der Waals surface area contributed by atoms with Crippen molar-refractivity contribution in [1.82, 2.24) is 0 Å². The number of hydrogen-bond acceptors (Lipinski definition) is 7. The molecule has 1 N–H and O–H groups in total. The average molecular weight is 673 g/mol. The maximum absolute atomic E-state index is 12.2. The molecule has 0 fully saturated rings. The second-order valence-electron chi connectivity index (χ2n) is 13.8. The molecule has 0 aliphatic heterocycles. The Bertz CT molecular complexity index is 1170. The lowest BCUT2D eigenvalue weighted by atomic mass is 10.0. The fourth-order valence-corrected chi connectivity index (χ4v) is 6.31. The Hall–Kier alpha value is -2.54. The molecule has 2 aromatic heterocycles. The molecule has 0 aliphatic rings. The zero-order chi connectivity index (χ0) is 35.1. The molecule has 0 unspecified atom stereocenters. The normalized spacial score (nSPS) is 12.1. The minimum absolute atomic E-state index is 0.0956. The molecule has 0 aromatic carbocycles. The Kier molecular flexibility index (Phi) is 21.3. The topological polar surface area (TPSA) is 99.1 Å². The summed E-state index contributed by atoms with van der Waals surface area (Å²) >= 11 is 0. The molecule has 48 heavy (non-hydrogen) atoms. The van der Waals surface area contributed by atoms with Crippen LogP contribution < -0.4 is 0 Å². The second kappa shape index (κ2) is 24.6. The van der Waals surface area contributed by atoms with Crippen molar-refractivity contribution in [3.05, 3.63) is 45.3 Å². The summed E-state index contributed by atoms with van der Waals surface area (Å²) in [6, 6.07) is 0. The summed E-state index contributed by atoms with van der Waals surface area (Å²) in [5, 5.41) is 9.60. The van der Waals surface area contributed by atoms with Gasteiger partial charge in [0.25, 0.3) is 0 Å². The molecule has 0 aliphatic carbocycles. The summed E-state index contributed by atoms with van der Waals surface area (Å²) in [4.78, 5) is 24.4. The van der Waals surface area contributed by atoms with Crippen molar-refractivity contribution in [2.45, 2.75) is 189 Å². The fourth-order valence-electron chi connectivity index (χ4n) is 6.31. The summed E-state index contributed by atoms with van der Waals surface area (Å²) < 4.78 is 22.9. The first-order valence-corrected chi connectivity index (χ1v) is 19.3. The number of aliphatic hydroxyl groups is 1. The first-order chi connectivity index (χ1) is 23.2. The van der Waals surface area contributed by atoms with Gasteiger partial charge in [0.15, 0.2) is 6.10 Å². The number of rotatable bonds is 28. The van der Waals surface area contributed by atoms with Crippen LogP contribution in [0.4, 0.5) is 0 Å². The SMILES string of the molecule is CCCCCc1oc(CCCCCCCCC(=O)OC[C@H](CO)OC(=O)CCCCCCCCc2oc(CCC)c(C)c2C)c(C)c1C. The van der Waals surface area contributed by atoms with Crippen LogP contribution in [-0.4, -0.2) is 36.4 Å². The molecule has 274 valence electrons. The van der Waals surface area contributed by atoms with Crippen LogP contribution in [0.2, 0.25) is 0 Å². The maximum Gasteiger partial charge on any atom is 0.306 e. The van der Waals surface area contributed by atoms with Crippen LogP contribution in [0.3, 0.4) is 0 Å². The van der Waals surface area contributed by atoms with E-state index in [0.717, 1.165) is 126 Å². The molecule has 7 nitrogen and oxygen atoms in total. The van der Waals surface area contributed by atoms with E-state index in [-0.39, 0.29) is 25.2 Å². The molecule has 7 heteroatoms. The van der Waals surface area contributed by atoms with Crippen LogP contribution in [0.5, 0.6) is 0 Å². The van der Waals surface area contributed by atoms with Gasteiger partial charge in [-0.2, -0.15) is 0 Å².